The second-order valence-electron chi connectivity index (χ2n) is 6.85. The molecule has 0 saturated carbocycles. The van der Waals surface area contributed by atoms with E-state index in [9.17, 15) is 14.7 Å². The third-order valence-electron chi connectivity index (χ3n) is 4.83. The Morgan fingerprint density at radius 3 is 2.77 bits per heavy atom. The molecule has 1 fully saturated rings. The third-order valence-corrected chi connectivity index (χ3v) is 4.83. The first kappa shape index (κ1) is 20.2. The summed E-state index contributed by atoms with van der Waals surface area (Å²) in [7, 11) is 0. The first-order valence-electron chi connectivity index (χ1n) is 9.50. The Labute approximate surface area is 155 Å². The van der Waals surface area contributed by atoms with E-state index in [1.54, 1.807) is 0 Å². The lowest BCUT2D eigenvalue weighted by Gasteiger charge is -2.42. The molecule has 2 rings (SSSR count). The van der Waals surface area contributed by atoms with Gasteiger partial charge in [-0.15, -0.1) is 0 Å². The number of carbonyl (C=O) groups excluding carboxylic acids is 2. The summed E-state index contributed by atoms with van der Waals surface area (Å²) in [5.74, 6) is -0.0534. The van der Waals surface area contributed by atoms with Crippen molar-refractivity contribution in [3.8, 4) is 0 Å². The summed E-state index contributed by atoms with van der Waals surface area (Å²) in [6, 6.07) is 9.43. The average Bonchev–Trinajstić information content (AvgIpc) is 2.66. The number of benzene rings is 1. The molecule has 0 radical (unpaired) electrons. The van der Waals surface area contributed by atoms with Gasteiger partial charge in [0.1, 0.15) is 12.1 Å². The van der Waals surface area contributed by atoms with Gasteiger partial charge in [0.15, 0.2) is 0 Å². The van der Waals surface area contributed by atoms with Gasteiger partial charge < -0.3 is 20.1 Å². The second-order valence-corrected chi connectivity index (χ2v) is 6.85. The van der Waals surface area contributed by atoms with Crippen LogP contribution in [0.2, 0.25) is 0 Å². The summed E-state index contributed by atoms with van der Waals surface area (Å²) in [6.07, 6.45) is 3.67. The zero-order valence-corrected chi connectivity index (χ0v) is 15.6. The molecular formula is C20H30N2O4. The van der Waals surface area contributed by atoms with Crippen LogP contribution in [0.15, 0.2) is 30.3 Å². The van der Waals surface area contributed by atoms with Gasteiger partial charge in [-0.25, -0.2) is 4.79 Å². The Bertz CT molecular complexity index is 578. The number of carbonyl (C=O) groups is 2. The van der Waals surface area contributed by atoms with Gasteiger partial charge >= 0.3 is 6.09 Å². The number of unbranched alkanes of at least 4 members (excludes halogenated alkanes) is 1. The van der Waals surface area contributed by atoms with Crippen molar-refractivity contribution in [1.29, 1.82) is 0 Å². The van der Waals surface area contributed by atoms with Crippen LogP contribution in [0.5, 0.6) is 0 Å². The summed E-state index contributed by atoms with van der Waals surface area (Å²) in [4.78, 5) is 27.2. The molecule has 1 unspecified atom stereocenters. The van der Waals surface area contributed by atoms with Gasteiger partial charge in [0.2, 0.25) is 5.91 Å². The van der Waals surface area contributed by atoms with Gasteiger partial charge in [-0.1, -0.05) is 43.7 Å². The third kappa shape index (κ3) is 5.46. The van der Waals surface area contributed by atoms with Crippen molar-refractivity contribution in [1.82, 2.24) is 10.2 Å². The van der Waals surface area contributed by atoms with E-state index < -0.39 is 11.6 Å². The lowest BCUT2D eigenvalue weighted by molar-refractivity contribution is -0.142. The quantitative estimate of drug-likeness (QED) is 0.708. The van der Waals surface area contributed by atoms with Crippen molar-refractivity contribution in [2.75, 3.05) is 19.7 Å². The van der Waals surface area contributed by atoms with E-state index in [2.05, 4.69) is 12.2 Å². The van der Waals surface area contributed by atoms with Crippen LogP contribution in [0.1, 0.15) is 51.0 Å². The van der Waals surface area contributed by atoms with E-state index in [0.29, 0.717) is 25.8 Å². The molecule has 144 valence electrons. The lowest BCUT2D eigenvalue weighted by Crippen LogP contribution is -2.62. The average molecular weight is 362 g/mol. The zero-order chi connectivity index (χ0) is 18.8. The number of nitrogens with zero attached hydrogens (tertiary/aromatic N) is 1. The molecule has 0 bridgehead atoms. The van der Waals surface area contributed by atoms with E-state index in [0.717, 1.165) is 31.4 Å². The Hall–Kier alpha value is -2.08. The molecule has 1 aromatic carbocycles. The number of aliphatic hydroxyl groups is 1. The van der Waals surface area contributed by atoms with Crippen molar-refractivity contribution in [3.63, 3.8) is 0 Å². The highest BCUT2D eigenvalue weighted by atomic mass is 16.5. The zero-order valence-electron chi connectivity index (χ0n) is 15.6. The minimum absolute atomic E-state index is 0.00919. The van der Waals surface area contributed by atoms with Gasteiger partial charge in [0.25, 0.3) is 0 Å². The van der Waals surface area contributed by atoms with Gasteiger partial charge in [0, 0.05) is 19.7 Å². The van der Waals surface area contributed by atoms with Crippen LogP contribution >= 0.6 is 0 Å². The van der Waals surface area contributed by atoms with E-state index >= 15 is 0 Å². The maximum absolute atomic E-state index is 13.0. The molecule has 1 aliphatic heterocycles. The van der Waals surface area contributed by atoms with Gasteiger partial charge in [-0.3, -0.25) is 4.79 Å². The van der Waals surface area contributed by atoms with E-state index in [-0.39, 0.29) is 19.1 Å². The molecule has 26 heavy (non-hydrogen) atoms. The first-order chi connectivity index (χ1) is 12.6. The Morgan fingerprint density at radius 2 is 2.08 bits per heavy atom. The fourth-order valence-electron chi connectivity index (χ4n) is 3.39. The molecule has 1 aromatic rings. The predicted molar refractivity (Wildman–Crippen MR) is 99.5 cm³/mol. The van der Waals surface area contributed by atoms with Gasteiger partial charge in [-0.2, -0.15) is 0 Å². The Morgan fingerprint density at radius 1 is 1.31 bits per heavy atom. The maximum atomic E-state index is 13.0. The first-order valence-corrected chi connectivity index (χ1v) is 9.50. The fraction of sp³-hybridized carbons (Fsp3) is 0.600. The monoisotopic (exact) mass is 362 g/mol. The van der Waals surface area contributed by atoms with Crippen LogP contribution in [-0.4, -0.2) is 47.2 Å². The number of rotatable bonds is 9. The molecule has 6 heteroatoms. The number of hydrogen-bond donors (Lipinski definition) is 2. The number of aliphatic hydroxyl groups excluding tert-OH is 1. The minimum Gasteiger partial charge on any atom is -0.445 e. The minimum atomic E-state index is -0.970. The van der Waals surface area contributed by atoms with Gasteiger partial charge in [0.05, 0.1) is 0 Å². The number of nitrogens with one attached hydrogen (secondary N) is 1. The van der Waals surface area contributed by atoms with Crippen LogP contribution in [0, 0.1) is 0 Å². The molecule has 1 heterocycles. The number of likely N-dealkylation sites (tertiary alicyclic amines) is 1. The molecule has 1 atom stereocenters. The van der Waals surface area contributed by atoms with Gasteiger partial charge in [-0.05, 0) is 37.7 Å². The van der Waals surface area contributed by atoms with Crippen LogP contribution in [0.4, 0.5) is 4.79 Å². The molecule has 6 nitrogen and oxygen atoms in total. The highest BCUT2D eigenvalue weighted by Crippen LogP contribution is 2.28. The summed E-state index contributed by atoms with van der Waals surface area (Å²) >= 11 is 0. The largest absolute Gasteiger partial charge is 0.445 e. The highest BCUT2D eigenvalue weighted by Gasteiger charge is 2.44. The summed E-state index contributed by atoms with van der Waals surface area (Å²) in [5.41, 5.74) is -0.0747. The molecule has 0 aromatic heterocycles. The van der Waals surface area contributed by atoms with Crippen molar-refractivity contribution < 1.29 is 19.4 Å². The molecule has 1 aliphatic rings. The van der Waals surface area contributed by atoms with Crippen LogP contribution in [0.25, 0.3) is 0 Å². The summed E-state index contributed by atoms with van der Waals surface area (Å²) < 4.78 is 5.32. The van der Waals surface area contributed by atoms with Crippen molar-refractivity contribution in [3.05, 3.63) is 35.9 Å². The van der Waals surface area contributed by atoms with E-state index in [1.165, 1.54) is 0 Å². The number of hydrogen-bond acceptors (Lipinski definition) is 4. The number of piperidine rings is 1. The fourth-order valence-corrected chi connectivity index (χ4v) is 3.39. The molecule has 2 N–H and O–H groups in total. The molecule has 1 saturated heterocycles. The number of alkyl carbamates (subject to hydrolysis) is 1. The van der Waals surface area contributed by atoms with Crippen molar-refractivity contribution in [2.45, 2.75) is 57.6 Å². The van der Waals surface area contributed by atoms with Crippen molar-refractivity contribution >= 4 is 12.0 Å². The second kappa shape index (κ2) is 10.2. The van der Waals surface area contributed by atoms with Crippen molar-refractivity contribution in [2.24, 2.45) is 0 Å². The SMILES string of the molecule is CCCCN1CCCC(CCCO)(NC(=O)OCc2ccccc2)C1=O. The van der Waals surface area contributed by atoms with Crippen LogP contribution in [0.3, 0.4) is 0 Å². The van der Waals surface area contributed by atoms with E-state index in [1.807, 2.05) is 35.2 Å². The maximum Gasteiger partial charge on any atom is 0.408 e. The van der Waals surface area contributed by atoms with Crippen LogP contribution < -0.4 is 5.32 Å². The standard InChI is InChI=1S/C20H30N2O4/c1-2-3-13-22-14-7-11-20(18(22)24,12-8-15-23)21-19(25)26-16-17-9-5-4-6-10-17/h4-6,9-10,23H,2-3,7-8,11-16H2,1H3,(H,21,25). The smallest absolute Gasteiger partial charge is 0.408 e. The highest BCUT2D eigenvalue weighted by molar-refractivity contribution is 5.90. The summed E-state index contributed by atoms with van der Waals surface area (Å²) in [5, 5.41) is 12.1. The van der Waals surface area contributed by atoms with E-state index in [4.69, 9.17) is 4.74 Å². The van der Waals surface area contributed by atoms with Crippen LogP contribution in [-0.2, 0) is 16.1 Å². The molecule has 2 amide bonds. The molecule has 0 aliphatic carbocycles. The Kier molecular flexibility index (Phi) is 7.91. The number of amides is 2. The Balaban J connectivity index is 2.02. The molecule has 0 spiro atoms. The topological polar surface area (TPSA) is 78.9 Å². The predicted octanol–water partition coefficient (Wildman–Crippen LogP) is 2.85. The normalized spacial score (nSPS) is 20.1. The summed E-state index contributed by atoms with van der Waals surface area (Å²) in [6.45, 7) is 3.67. The molecular weight excluding hydrogens is 332 g/mol. The lowest BCUT2D eigenvalue weighted by atomic mass is 9.83. The number of ether oxygens (including phenoxy) is 1.